The summed E-state index contributed by atoms with van der Waals surface area (Å²) in [5.74, 6) is 0.284. The van der Waals surface area contributed by atoms with Crippen molar-refractivity contribution in [3.8, 4) is 17.0 Å². The fraction of sp³-hybridized carbons (Fsp3) is 0.0435. The number of fused-ring (bicyclic) bond motifs is 1. The van der Waals surface area contributed by atoms with E-state index in [1.54, 1.807) is 12.1 Å². The van der Waals surface area contributed by atoms with Gasteiger partial charge in [-0.15, -0.1) is 0 Å². The second kappa shape index (κ2) is 6.81. The Bertz CT molecular complexity index is 1070. The minimum absolute atomic E-state index is 0.0610. The average molecular weight is 340 g/mol. The number of hydrogen-bond donors (Lipinski definition) is 1. The summed E-state index contributed by atoms with van der Waals surface area (Å²) < 4.78 is 1.98. The molecule has 0 radical (unpaired) electrons. The van der Waals surface area contributed by atoms with E-state index in [-0.39, 0.29) is 18.1 Å². The van der Waals surface area contributed by atoms with Crippen molar-refractivity contribution in [1.29, 1.82) is 0 Å². The first-order valence-electron chi connectivity index (χ1n) is 8.51. The van der Waals surface area contributed by atoms with Crippen LogP contribution in [0.5, 0.6) is 5.75 Å². The van der Waals surface area contributed by atoms with Crippen molar-refractivity contribution in [1.82, 2.24) is 0 Å². The molecule has 0 aliphatic heterocycles. The van der Waals surface area contributed by atoms with E-state index < -0.39 is 0 Å². The molecule has 0 saturated heterocycles. The highest BCUT2D eigenvalue weighted by Crippen LogP contribution is 2.26. The molecule has 4 aromatic rings. The summed E-state index contributed by atoms with van der Waals surface area (Å²) in [5, 5.41) is 11.8. The van der Waals surface area contributed by atoms with Crippen LogP contribution in [0.1, 0.15) is 10.4 Å². The van der Waals surface area contributed by atoms with Crippen LogP contribution in [-0.2, 0) is 6.54 Å². The molecule has 1 N–H and O–H groups in total. The molecular weight excluding hydrogens is 322 g/mol. The van der Waals surface area contributed by atoms with Gasteiger partial charge in [0.2, 0.25) is 18.0 Å². The number of rotatable bonds is 4. The molecule has 0 unspecified atom stereocenters. The minimum atomic E-state index is 0.0610. The number of phenols is 1. The molecule has 0 atom stereocenters. The molecule has 4 rings (SSSR count). The fourth-order valence-electron chi connectivity index (χ4n) is 3.20. The average Bonchev–Trinajstić information content (AvgIpc) is 2.69. The first-order chi connectivity index (χ1) is 12.7. The maximum absolute atomic E-state index is 12.7. The predicted octanol–water partition coefficient (Wildman–Crippen LogP) is 4.38. The zero-order valence-corrected chi connectivity index (χ0v) is 14.2. The fourth-order valence-corrected chi connectivity index (χ4v) is 3.20. The van der Waals surface area contributed by atoms with Crippen LogP contribution in [0.3, 0.4) is 0 Å². The monoisotopic (exact) mass is 340 g/mol. The zero-order valence-electron chi connectivity index (χ0n) is 14.2. The Kier molecular flexibility index (Phi) is 4.20. The molecule has 0 aliphatic carbocycles. The summed E-state index contributed by atoms with van der Waals surface area (Å²) in [6, 6.07) is 26.6. The number of carbonyl (C=O) groups excluding carboxylic acids is 1. The first-order valence-corrected chi connectivity index (χ1v) is 8.51. The Morgan fingerprint density at radius 2 is 1.50 bits per heavy atom. The molecule has 26 heavy (non-hydrogen) atoms. The summed E-state index contributed by atoms with van der Waals surface area (Å²) >= 11 is 0. The molecule has 0 saturated carbocycles. The summed E-state index contributed by atoms with van der Waals surface area (Å²) in [6.07, 6.45) is 1.95. The van der Waals surface area contributed by atoms with Crippen LogP contribution in [0.2, 0.25) is 0 Å². The quantitative estimate of drug-likeness (QED) is 0.442. The van der Waals surface area contributed by atoms with E-state index in [1.807, 2.05) is 71.4 Å². The Balaban J connectivity index is 1.85. The van der Waals surface area contributed by atoms with E-state index >= 15 is 0 Å². The maximum atomic E-state index is 12.7. The van der Waals surface area contributed by atoms with Gasteiger partial charge < -0.3 is 5.11 Å². The number of nitrogens with zero attached hydrogens (tertiary/aromatic N) is 1. The van der Waals surface area contributed by atoms with Crippen molar-refractivity contribution < 1.29 is 14.5 Å². The first kappa shape index (κ1) is 16.0. The molecule has 126 valence electrons. The lowest BCUT2D eigenvalue weighted by atomic mass is 10.0. The van der Waals surface area contributed by atoms with Gasteiger partial charge in [0.1, 0.15) is 5.75 Å². The molecule has 0 amide bonds. The number of hydrogen-bond acceptors (Lipinski definition) is 2. The zero-order chi connectivity index (χ0) is 17.9. The number of pyridine rings is 1. The molecule has 3 aromatic carbocycles. The molecular formula is C23H18NO2+. The van der Waals surface area contributed by atoms with Crippen LogP contribution in [0.4, 0.5) is 0 Å². The minimum Gasteiger partial charge on any atom is -0.508 e. The predicted molar refractivity (Wildman–Crippen MR) is 102 cm³/mol. The van der Waals surface area contributed by atoms with Gasteiger partial charge in [-0.05, 0) is 35.7 Å². The summed E-state index contributed by atoms with van der Waals surface area (Å²) in [4.78, 5) is 12.7. The van der Waals surface area contributed by atoms with Gasteiger partial charge in [0.25, 0.3) is 0 Å². The number of ketones is 1. The molecule has 0 aliphatic rings. The second-order valence-corrected chi connectivity index (χ2v) is 6.22. The van der Waals surface area contributed by atoms with E-state index in [1.165, 1.54) is 0 Å². The standard InChI is InChI=1S/C23H17NO2/c25-20-12-10-19(11-13-20)23-21-9-5-4-6-17(21)14-15-24(23)16-22(26)18-7-2-1-3-8-18/h1-15H,16H2/p+1. The maximum Gasteiger partial charge on any atom is 0.227 e. The van der Waals surface area contributed by atoms with E-state index in [0.717, 1.165) is 22.0 Å². The van der Waals surface area contributed by atoms with Crippen molar-refractivity contribution in [3.63, 3.8) is 0 Å². The van der Waals surface area contributed by atoms with Gasteiger partial charge in [-0.25, -0.2) is 0 Å². The Labute approximate surface area is 151 Å². The van der Waals surface area contributed by atoms with Crippen molar-refractivity contribution in [2.45, 2.75) is 6.54 Å². The summed E-state index contributed by atoms with van der Waals surface area (Å²) in [5.41, 5.74) is 2.62. The number of benzene rings is 3. The third-order valence-electron chi connectivity index (χ3n) is 4.49. The van der Waals surface area contributed by atoms with Crippen molar-refractivity contribution in [3.05, 3.63) is 96.7 Å². The van der Waals surface area contributed by atoms with Crippen LogP contribution < -0.4 is 4.57 Å². The molecule has 3 nitrogen and oxygen atoms in total. The lowest BCUT2D eigenvalue weighted by Crippen LogP contribution is -2.40. The molecule has 0 bridgehead atoms. The van der Waals surface area contributed by atoms with Crippen molar-refractivity contribution in [2.24, 2.45) is 0 Å². The summed E-state index contributed by atoms with van der Waals surface area (Å²) in [6.45, 7) is 0.255. The van der Waals surface area contributed by atoms with E-state index in [2.05, 4.69) is 12.1 Å². The van der Waals surface area contributed by atoms with Gasteiger partial charge in [-0.2, -0.15) is 4.57 Å². The number of phenolic OH excluding ortho intramolecular Hbond substituents is 1. The normalized spacial score (nSPS) is 10.8. The molecule has 1 aromatic heterocycles. The van der Waals surface area contributed by atoms with Crippen molar-refractivity contribution >= 4 is 16.6 Å². The second-order valence-electron chi connectivity index (χ2n) is 6.22. The van der Waals surface area contributed by atoms with Gasteiger partial charge in [0.15, 0.2) is 6.20 Å². The largest absolute Gasteiger partial charge is 0.508 e. The Hall–Kier alpha value is -3.46. The number of aromatic nitrogens is 1. The third kappa shape index (κ3) is 3.07. The van der Waals surface area contributed by atoms with Crippen LogP contribution >= 0.6 is 0 Å². The van der Waals surface area contributed by atoms with E-state index in [9.17, 15) is 9.90 Å². The highest BCUT2D eigenvalue weighted by molar-refractivity contribution is 5.96. The van der Waals surface area contributed by atoms with Gasteiger partial charge in [-0.3, -0.25) is 4.79 Å². The molecule has 1 heterocycles. The van der Waals surface area contributed by atoms with Gasteiger partial charge in [0.05, 0.1) is 5.39 Å². The Morgan fingerprint density at radius 1 is 0.808 bits per heavy atom. The van der Waals surface area contributed by atoms with Crippen molar-refractivity contribution in [2.75, 3.05) is 0 Å². The lowest BCUT2D eigenvalue weighted by Gasteiger charge is -2.08. The van der Waals surface area contributed by atoms with E-state index in [0.29, 0.717) is 5.56 Å². The van der Waals surface area contributed by atoms with Crippen LogP contribution in [0.25, 0.3) is 22.0 Å². The molecule has 0 fully saturated rings. The highest BCUT2D eigenvalue weighted by Gasteiger charge is 2.21. The molecule has 0 spiro atoms. The van der Waals surface area contributed by atoms with Crippen LogP contribution in [-0.4, -0.2) is 10.9 Å². The lowest BCUT2D eigenvalue weighted by molar-refractivity contribution is -0.671. The number of Topliss-reactive ketones (excluding diaryl/α,β-unsaturated/α-hetero) is 1. The number of carbonyl (C=O) groups is 1. The van der Waals surface area contributed by atoms with E-state index in [4.69, 9.17) is 0 Å². The van der Waals surface area contributed by atoms with Gasteiger partial charge in [-0.1, -0.05) is 48.5 Å². The third-order valence-corrected chi connectivity index (χ3v) is 4.49. The molecule has 3 heteroatoms. The smallest absolute Gasteiger partial charge is 0.227 e. The van der Waals surface area contributed by atoms with Crippen LogP contribution in [0, 0.1) is 0 Å². The Morgan fingerprint density at radius 3 is 2.27 bits per heavy atom. The van der Waals surface area contributed by atoms with Gasteiger partial charge in [0, 0.05) is 17.2 Å². The topological polar surface area (TPSA) is 41.2 Å². The summed E-state index contributed by atoms with van der Waals surface area (Å²) in [7, 11) is 0. The highest BCUT2D eigenvalue weighted by atomic mass is 16.3. The SMILES string of the molecule is O=C(C[n+]1ccc2ccccc2c1-c1ccc(O)cc1)c1ccccc1. The number of aromatic hydroxyl groups is 1. The van der Waals surface area contributed by atoms with Gasteiger partial charge >= 0.3 is 0 Å². The van der Waals surface area contributed by atoms with Crippen LogP contribution in [0.15, 0.2) is 91.1 Å².